The summed E-state index contributed by atoms with van der Waals surface area (Å²) in [5, 5.41) is 5.61. The predicted octanol–water partition coefficient (Wildman–Crippen LogP) is 3.55. The zero-order chi connectivity index (χ0) is 22.1. The number of benzene rings is 1. The van der Waals surface area contributed by atoms with E-state index in [1.165, 1.54) is 12.1 Å². The van der Waals surface area contributed by atoms with Crippen molar-refractivity contribution in [1.82, 2.24) is 10.6 Å². The molecule has 1 saturated carbocycles. The van der Waals surface area contributed by atoms with Crippen molar-refractivity contribution >= 4 is 17.5 Å². The number of rotatable bonds is 12. The summed E-state index contributed by atoms with van der Waals surface area (Å²) in [4.78, 5) is 11.8. The zero-order valence-corrected chi connectivity index (χ0v) is 16.8. The van der Waals surface area contributed by atoms with Crippen molar-refractivity contribution in [2.24, 2.45) is 0 Å². The molecule has 1 aromatic rings. The number of carbonyl (C=O) groups is 1. The van der Waals surface area contributed by atoms with Crippen LogP contribution in [0.1, 0.15) is 19.3 Å². The molecule has 0 bridgehead atoms. The molecule has 0 heterocycles. The van der Waals surface area contributed by atoms with Crippen LogP contribution in [0.5, 0.6) is 5.75 Å². The summed E-state index contributed by atoms with van der Waals surface area (Å²) >= 11 is 5.57. The second-order valence-electron chi connectivity index (χ2n) is 6.67. The van der Waals surface area contributed by atoms with Gasteiger partial charge in [-0.15, -0.1) is 13.2 Å². The largest absolute Gasteiger partial charge is 0.522 e. The second kappa shape index (κ2) is 11.5. The van der Waals surface area contributed by atoms with Crippen LogP contribution in [0.25, 0.3) is 0 Å². The number of alkyl halides is 3. The molecular weight excluding hydrogens is 432 g/mol. The highest BCUT2D eigenvalue weighted by molar-refractivity contribution is 6.30. The van der Waals surface area contributed by atoms with E-state index in [0.29, 0.717) is 31.8 Å². The van der Waals surface area contributed by atoms with Gasteiger partial charge >= 0.3 is 6.36 Å². The Hall–Kier alpha value is -1.88. The molecular formula is C19H23ClF4N2O4. The first-order valence-electron chi connectivity index (χ1n) is 9.24. The molecule has 2 rings (SSSR count). The Morgan fingerprint density at radius 3 is 2.63 bits per heavy atom. The summed E-state index contributed by atoms with van der Waals surface area (Å²) in [6.07, 6.45) is -4.72. The number of nitrogens with one attached hydrogen (secondary N) is 2. The van der Waals surface area contributed by atoms with Crippen LogP contribution in [-0.4, -0.2) is 50.8 Å². The molecule has 1 amide bonds. The maximum Gasteiger partial charge on any atom is 0.522 e. The van der Waals surface area contributed by atoms with Gasteiger partial charge in [0.2, 0.25) is 0 Å². The van der Waals surface area contributed by atoms with E-state index in [4.69, 9.17) is 21.1 Å². The quantitative estimate of drug-likeness (QED) is 0.373. The fraction of sp³-hybridized carbons (Fsp3) is 0.526. The number of carbonyl (C=O) groups excluding carboxylic acids is 1. The lowest BCUT2D eigenvalue weighted by molar-refractivity contribution is -0.357. The monoisotopic (exact) mass is 454 g/mol. The molecule has 0 atom stereocenters. The smallest absolute Gasteiger partial charge is 0.484 e. The Balaban J connectivity index is 1.46. The molecule has 6 nitrogen and oxygen atoms in total. The van der Waals surface area contributed by atoms with E-state index in [2.05, 4.69) is 21.9 Å². The Morgan fingerprint density at radius 1 is 1.23 bits per heavy atom. The number of ether oxygens (including phenoxy) is 3. The molecule has 30 heavy (non-hydrogen) atoms. The third-order valence-electron chi connectivity index (χ3n) is 4.17. The number of hydrogen-bond donors (Lipinski definition) is 2. The van der Waals surface area contributed by atoms with Crippen LogP contribution in [0.2, 0.25) is 5.02 Å². The van der Waals surface area contributed by atoms with Crippen molar-refractivity contribution in [2.45, 2.75) is 37.8 Å². The molecule has 0 unspecified atom stereocenters. The first kappa shape index (κ1) is 24.4. The van der Waals surface area contributed by atoms with Gasteiger partial charge in [-0.1, -0.05) is 18.2 Å². The lowest BCUT2D eigenvalue weighted by atomic mass is 9.92. The topological polar surface area (TPSA) is 68.8 Å². The molecule has 168 valence electrons. The van der Waals surface area contributed by atoms with E-state index >= 15 is 0 Å². The molecule has 11 heteroatoms. The van der Waals surface area contributed by atoms with Gasteiger partial charge in [0, 0.05) is 37.7 Å². The molecule has 1 aliphatic carbocycles. The SMILES string of the molecule is C=C(CCNCCO[C@H]1C[C@@H](OC(F)(F)F)C1)NC(=O)COc1ccc(Cl)c(F)c1. The second-order valence-corrected chi connectivity index (χ2v) is 7.07. The fourth-order valence-electron chi connectivity index (χ4n) is 2.61. The van der Waals surface area contributed by atoms with Crippen LogP contribution in [0.15, 0.2) is 30.5 Å². The average molecular weight is 455 g/mol. The van der Waals surface area contributed by atoms with Gasteiger partial charge in [0.25, 0.3) is 5.91 Å². The van der Waals surface area contributed by atoms with Crippen molar-refractivity contribution in [3.05, 3.63) is 41.3 Å². The van der Waals surface area contributed by atoms with Gasteiger partial charge in [-0.05, 0) is 18.6 Å². The maximum atomic E-state index is 13.3. The minimum Gasteiger partial charge on any atom is -0.484 e. The van der Waals surface area contributed by atoms with Gasteiger partial charge in [0.1, 0.15) is 11.6 Å². The maximum absolute atomic E-state index is 13.3. The average Bonchev–Trinajstić information content (AvgIpc) is 2.62. The van der Waals surface area contributed by atoms with Crippen LogP contribution >= 0.6 is 11.6 Å². The first-order valence-corrected chi connectivity index (χ1v) is 9.62. The Labute approximate surface area is 176 Å². The van der Waals surface area contributed by atoms with E-state index in [1.807, 2.05) is 0 Å². The van der Waals surface area contributed by atoms with E-state index in [0.717, 1.165) is 6.07 Å². The molecule has 1 aliphatic rings. The first-order chi connectivity index (χ1) is 14.1. The van der Waals surface area contributed by atoms with Gasteiger partial charge in [0.05, 0.1) is 23.8 Å². The lowest BCUT2D eigenvalue weighted by Crippen LogP contribution is -2.41. The minimum absolute atomic E-state index is 0.0366. The Bertz CT molecular complexity index is 727. The van der Waals surface area contributed by atoms with Crippen molar-refractivity contribution in [3.8, 4) is 5.75 Å². The number of hydrogen-bond acceptors (Lipinski definition) is 5. The Morgan fingerprint density at radius 2 is 1.97 bits per heavy atom. The van der Waals surface area contributed by atoms with E-state index in [9.17, 15) is 22.4 Å². The van der Waals surface area contributed by atoms with Gasteiger partial charge in [-0.3, -0.25) is 9.53 Å². The van der Waals surface area contributed by atoms with Gasteiger partial charge in [-0.2, -0.15) is 0 Å². The highest BCUT2D eigenvalue weighted by Gasteiger charge is 2.40. The van der Waals surface area contributed by atoms with Gasteiger partial charge in [0.15, 0.2) is 6.61 Å². The number of amides is 1. The summed E-state index contributed by atoms with van der Waals surface area (Å²) in [6, 6.07) is 3.87. The van der Waals surface area contributed by atoms with Crippen LogP contribution < -0.4 is 15.4 Å². The molecule has 1 aromatic carbocycles. The van der Waals surface area contributed by atoms with Crippen molar-refractivity contribution < 1.29 is 36.6 Å². The molecule has 0 spiro atoms. The summed E-state index contributed by atoms with van der Waals surface area (Å²) < 4.78 is 63.8. The van der Waals surface area contributed by atoms with E-state index in [1.54, 1.807) is 0 Å². The summed E-state index contributed by atoms with van der Waals surface area (Å²) in [5.74, 6) is -0.887. The predicted molar refractivity (Wildman–Crippen MR) is 102 cm³/mol. The summed E-state index contributed by atoms with van der Waals surface area (Å²) in [5.41, 5.74) is 0.477. The highest BCUT2D eigenvalue weighted by atomic mass is 35.5. The van der Waals surface area contributed by atoms with E-state index in [-0.39, 0.29) is 36.3 Å². The summed E-state index contributed by atoms with van der Waals surface area (Å²) in [7, 11) is 0. The van der Waals surface area contributed by atoms with Crippen LogP contribution in [-0.2, 0) is 14.3 Å². The highest BCUT2D eigenvalue weighted by Crippen LogP contribution is 2.31. The van der Waals surface area contributed by atoms with Gasteiger partial charge < -0.3 is 20.1 Å². The van der Waals surface area contributed by atoms with Crippen LogP contribution in [0.3, 0.4) is 0 Å². The minimum atomic E-state index is -4.60. The van der Waals surface area contributed by atoms with Crippen molar-refractivity contribution in [1.29, 1.82) is 0 Å². The Kier molecular flexibility index (Phi) is 9.35. The van der Waals surface area contributed by atoms with E-state index < -0.39 is 24.2 Å². The molecule has 0 saturated heterocycles. The van der Waals surface area contributed by atoms with Crippen LogP contribution in [0, 0.1) is 5.82 Å². The normalized spacial score (nSPS) is 18.6. The lowest BCUT2D eigenvalue weighted by Gasteiger charge is -2.35. The molecule has 1 fully saturated rings. The van der Waals surface area contributed by atoms with Crippen molar-refractivity contribution in [2.75, 3.05) is 26.3 Å². The third kappa shape index (κ3) is 9.29. The molecule has 0 aliphatic heterocycles. The third-order valence-corrected chi connectivity index (χ3v) is 4.47. The van der Waals surface area contributed by atoms with Crippen LogP contribution in [0.4, 0.5) is 17.6 Å². The fourth-order valence-corrected chi connectivity index (χ4v) is 2.73. The molecule has 0 aromatic heterocycles. The number of halogens is 5. The molecule has 2 N–H and O–H groups in total. The molecule has 0 radical (unpaired) electrons. The zero-order valence-electron chi connectivity index (χ0n) is 16.1. The van der Waals surface area contributed by atoms with Crippen molar-refractivity contribution in [3.63, 3.8) is 0 Å². The summed E-state index contributed by atoms with van der Waals surface area (Å²) in [6.45, 7) is 4.82. The standard InChI is InChI=1S/C19H23ClF4N2O4/c1-12(26-18(27)11-29-13-2-3-16(20)17(21)10-13)4-5-25-6-7-28-14-8-15(9-14)30-19(22,23)24/h2-3,10,14-15,25H,1,4-9,11H2,(H,26,27)/t14-,15+. The van der Waals surface area contributed by atoms with Gasteiger partial charge in [-0.25, -0.2) is 4.39 Å².